The Morgan fingerprint density at radius 2 is 2.05 bits per heavy atom. The molecule has 1 aromatic rings. The fourth-order valence-corrected chi connectivity index (χ4v) is 3.68. The van der Waals surface area contributed by atoms with E-state index in [1.54, 1.807) is 31.2 Å². The van der Waals surface area contributed by atoms with E-state index in [1.165, 1.54) is 6.92 Å². The summed E-state index contributed by atoms with van der Waals surface area (Å²) in [6, 6.07) is 7.07. The summed E-state index contributed by atoms with van der Waals surface area (Å²) >= 11 is 0. The van der Waals surface area contributed by atoms with Crippen LogP contribution in [0.15, 0.2) is 24.3 Å². The van der Waals surface area contributed by atoms with Crippen LogP contribution in [0, 0.1) is 5.92 Å². The highest BCUT2D eigenvalue weighted by Crippen LogP contribution is 2.53. The monoisotopic (exact) mass is 314 g/mol. The van der Waals surface area contributed by atoms with Gasteiger partial charge in [-0.05, 0) is 18.1 Å². The molecule has 0 spiro atoms. The number of para-hydroxylation sites is 1. The molecule has 3 atom stereocenters. The molecule has 0 aliphatic carbocycles. The predicted molar refractivity (Wildman–Crippen MR) is 73.8 cm³/mol. The minimum Gasteiger partial charge on any atom is -0.372 e. The number of amides is 1. The number of hydrogen-bond donors (Lipinski definition) is 2. The molecule has 0 aromatic heterocycles. The van der Waals surface area contributed by atoms with E-state index in [1.807, 2.05) is 0 Å². The third-order valence-corrected chi connectivity index (χ3v) is 5.06. The molecule has 120 valence electrons. The van der Waals surface area contributed by atoms with Crippen molar-refractivity contribution in [1.29, 1.82) is 0 Å². The van der Waals surface area contributed by atoms with E-state index < -0.39 is 29.3 Å². The summed E-state index contributed by atoms with van der Waals surface area (Å²) in [5, 5.41) is 13.3. The van der Waals surface area contributed by atoms with Crippen LogP contribution < -0.4 is 5.32 Å². The van der Waals surface area contributed by atoms with Gasteiger partial charge >= 0.3 is 6.18 Å². The number of halogens is 3. The van der Waals surface area contributed by atoms with Crippen LogP contribution in [0.5, 0.6) is 0 Å². The van der Waals surface area contributed by atoms with Gasteiger partial charge in [-0.25, -0.2) is 0 Å². The summed E-state index contributed by atoms with van der Waals surface area (Å²) in [4.78, 5) is 13.5. The average molecular weight is 314 g/mol. The number of aliphatic hydroxyl groups is 1. The average Bonchev–Trinajstić information content (AvgIpc) is 2.65. The normalized spacial score (nSPS) is 34.2. The maximum Gasteiger partial charge on any atom is 0.426 e. The van der Waals surface area contributed by atoms with Crippen LogP contribution in [-0.2, 0) is 11.3 Å². The lowest BCUT2D eigenvalue weighted by Crippen LogP contribution is -2.57. The van der Waals surface area contributed by atoms with E-state index in [-0.39, 0.29) is 13.0 Å². The second-order valence-electron chi connectivity index (χ2n) is 5.94. The topological polar surface area (TPSA) is 52.6 Å². The minimum absolute atomic E-state index is 0.0541. The Morgan fingerprint density at radius 3 is 2.64 bits per heavy atom. The van der Waals surface area contributed by atoms with Gasteiger partial charge in [0.05, 0.1) is 6.54 Å². The summed E-state index contributed by atoms with van der Waals surface area (Å²) < 4.78 is 40.2. The lowest BCUT2D eigenvalue weighted by molar-refractivity contribution is -0.261. The van der Waals surface area contributed by atoms with Crippen molar-refractivity contribution in [2.45, 2.75) is 44.3 Å². The molecule has 0 bridgehead atoms. The van der Waals surface area contributed by atoms with Crippen molar-refractivity contribution in [1.82, 2.24) is 4.90 Å². The van der Waals surface area contributed by atoms with Crippen molar-refractivity contribution in [3.8, 4) is 0 Å². The zero-order valence-corrected chi connectivity index (χ0v) is 12.2. The van der Waals surface area contributed by atoms with E-state index in [4.69, 9.17) is 0 Å². The summed E-state index contributed by atoms with van der Waals surface area (Å²) in [6.07, 6.45) is -4.76. The lowest BCUT2D eigenvalue weighted by atomic mass is 9.80. The van der Waals surface area contributed by atoms with Gasteiger partial charge in [0.25, 0.3) is 5.91 Å². The van der Waals surface area contributed by atoms with Crippen LogP contribution in [0.1, 0.15) is 25.8 Å². The van der Waals surface area contributed by atoms with Crippen LogP contribution in [0.4, 0.5) is 18.9 Å². The zero-order chi connectivity index (χ0) is 16.3. The number of nitrogens with one attached hydrogen (secondary N) is 1. The smallest absolute Gasteiger partial charge is 0.372 e. The molecule has 4 nitrogen and oxygen atoms in total. The molecule has 0 radical (unpaired) electrons. The molecule has 3 rings (SSSR count). The number of fused-ring (bicyclic) bond motifs is 2. The van der Waals surface area contributed by atoms with E-state index in [9.17, 15) is 23.1 Å². The van der Waals surface area contributed by atoms with Crippen LogP contribution in [0.3, 0.4) is 0 Å². The number of carbonyl (C=O) groups excluding carboxylic acids is 1. The van der Waals surface area contributed by atoms with Crippen molar-refractivity contribution in [2.75, 3.05) is 5.32 Å². The maximum atomic E-state index is 13.4. The summed E-state index contributed by atoms with van der Waals surface area (Å²) in [5.41, 5.74) is -3.17. The van der Waals surface area contributed by atoms with Gasteiger partial charge in [0.1, 0.15) is 5.66 Å². The van der Waals surface area contributed by atoms with E-state index >= 15 is 0 Å². The molecule has 2 heterocycles. The molecule has 22 heavy (non-hydrogen) atoms. The van der Waals surface area contributed by atoms with Gasteiger partial charge in [-0.1, -0.05) is 32.0 Å². The van der Waals surface area contributed by atoms with Crippen molar-refractivity contribution in [3.05, 3.63) is 29.8 Å². The van der Waals surface area contributed by atoms with E-state index in [0.717, 1.165) is 10.5 Å². The van der Waals surface area contributed by atoms with Crippen molar-refractivity contribution in [2.24, 2.45) is 5.92 Å². The molecule has 2 aliphatic rings. The Morgan fingerprint density at radius 1 is 1.41 bits per heavy atom. The number of hydrogen-bond acceptors (Lipinski definition) is 3. The molecule has 2 N–H and O–H groups in total. The molecule has 0 saturated carbocycles. The molecule has 3 unspecified atom stereocenters. The number of anilines is 1. The second kappa shape index (κ2) is 4.38. The highest BCUT2D eigenvalue weighted by Gasteiger charge is 2.75. The fraction of sp³-hybridized carbons (Fsp3) is 0.533. The first-order chi connectivity index (χ1) is 10.2. The molecular weight excluding hydrogens is 297 g/mol. The molecule has 7 heteroatoms. The van der Waals surface area contributed by atoms with Crippen molar-refractivity contribution >= 4 is 11.6 Å². The zero-order valence-electron chi connectivity index (χ0n) is 12.2. The van der Waals surface area contributed by atoms with Gasteiger partial charge < -0.3 is 15.3 Å². The number of alkyl halides is 3. The molecule has 1 aromatic carbocycles. The van der Waals surface area contributed by atoms with E-state index in [0.29, 0.717) is 5.69 Å². The van der Waals surface area contributed by atoms with Gasteiger partial charge in [-0.3, -0.25) is 4.79 Å². The molecular formula is C15H17F3N2O2. The van der Waals surface area contributed by atoms with Crippen LogP contribution >= 0.6 is 0 Å². The summed E-state index contributed by atoms with van der Waals surface area (Å²) in [7, 11) is 0. The number of rotatable bonds is 1. The minimum atomic E-state index is -5.02. The summed E-state index contributed by atoms with van der Waals surface area (Å²) in [5.74, 6) is -2.61. The van der Waals surface area contributed by atoms with E-state index in [2.05, 4.69) is 5.32 Å². The third kappa shape index (κ3) is 1.60. The van der Waals surface area contributed by atoms with Crippen LogP contribution in [0.2, 0.25) is 0 Å². The van der Waals surface area contributed by atoms with Gasteiger partial charge in [0.15, 0.2) is 0 Å². The largest absolute Gasteiger partial charge is 0.426 e. The quantitative estimate of drug-likeness (QED) is 0.837. The van der Waals surface area contributed by atoms with Gasteiger partial charge in [0, 0.05) is 11.6 Å². The predicted octanol–water partition coefficient (Wildman–Crippen LogP) is 2.49. The highest BCUT2D eigenvalue weighted by molar-refractivity contribution is 5.91. The summed E-state index contributed by atoms with van der Waals surface area (Å²) in [6.45, 7) is 3.04. The molecule has 1 saturated heterocycles. The molecule has 1 fully saturated rings. The Bertz CT molecular complexity index is 633. The van der Waals surface area contributed by atoms with Crippen LogP contribution in [0.25, 0.3) is 0 Å². The van der Waals surface area contributed by atoms with Gasteiger partial charge in [0.2, 0.25) is 5.60 Å². The first-order valence-electron chi connectivity index (χ1n) is 7.15. The first kappa shape index (κ1) is 15.1. The SMILES string of the molecule is CCC12Nc3ccccc3CN1C(=O)C(O)(C(F)(F)F)C2C. The van der Waals surface area contributed by atoms with Crippen molar-refractivity contribution in [3.63, 3.8) is 0 Å². The number of nitrogens with zero attached hydrogens (tertiary/aromatic N) is 1. The fourth-order valence-electron chi connectivity index (χ4n) is 3.68. The van der Waals surface area contributed by atoms with Crippen LogP contribution in [-0.4, -0.2) is 33.4 Å². The Labute approximate surface area is 125 Å². The third-order valence-electron chi connectivity index (χ3n) is 5.06. The number of carbonyl (C=O) groups is 1. The lowest BCUT2D eigenvalue weighted by Gasteiger charge is -2.46. The Balaban J connectivity index is 2.16. The van der Waals surface area contributed by atoms with Crippen molar-refractivity contribution < 1.29 is 23.1 Å². The Kier molecular flexibility index (Phi) is 3.01. The van der Waals surface area contributed by atoms with Gasteiger partial charge in [-0.2, -0.15) is 13.2 Å². The number of benzene rings is 1. The van der Waals surface area contributed by atoms with Gasteiger partial charge in [-0.15, -0.1) is 0 Å². The Hall–Kier alpha value is -1.76. The molecule has 1 amide bonds. The standard InChI is InChI=1S/C15H17F3N2O2/c1-3-13-9(2)14(22,15(16,17)18)12(21)20(13)8-10-6-4-5-7-11(10)19-13/h4-7,9,19,22H,3,8H2,1-2H3. The molecule has 2 aliphatic heterocycles. The highest BCUT2D eigenvalue weighted by atomic mass is 19.4. The second-order valence-corrected chi connectivity index (χ2v) is 5.94. The maximum absolute atomic E-state index is 13.4. The first-order valence-corrected chi connectivity index (χ1v) is 7.15.